The van der Waals surface area contributed by atoms with Crippen LogP contribution in [0.3, 0.4) is 0 Å². The van der Waals surface area contributed by atoms with Gasteiger partial charge in [0.15, 0.2) is 0 Å². The molecule has 2 saturated carbocycles. The van der Waals surface area contributed by atoms with Crippen LogP contribution in [0.4, 0.5) is 4.79 Å². The van der Waals surface area contributed by atoms with Gasteiger partial charge in [0.2, 0.25) is 27.7 Å². The van der Waals surface area contributed by atoms with Crippen molar-refractivity contribution in [1.82, 2.24) is 25.2 Å². The molecule has 2 aromatic rings. The van der Waals surface area contributed by atoms with E-state index in [1.165, 1.54) is 4.90 Å². The summed E-state index contributed by atoms with van der Waals surface area (Å²) in [6.07, 6.45) is 5.14. The van der Waals surface area contributed by atoms with Crippen LogP contribution in [0.2, 0.25) is 0 Å². The van der Waals surface area contributed by atoms with Crippen molar-refractivity contribution in [1.29, 1.82) is 0 Å². The van der Waals surface area contributed by atoms with E-state index in [1.807, 2.05) is 32.9 Å². The molecule has 3 N–H and O–H groups in total. The Hall–Kier alpha value is -4.40. The molecule has 55 heavy (non-hydrogen) atoms. The fraction of sp³-hybridized carbons (Fsp3) is 0.625. The molecule has 0 unspecified atom stereocenters. The second-order valence-electron chi connectivity index (χ2n) is 16.0. The van der Waals surface area contributed by atoms with Gasteiger partial charge in [-0.05, 0) is 114 Å². The lowest BCUT2D eigenvalue weighted by molar-refractivity contribution is -0.142. The van der Waals surface area contributed by atoms with Crippen molar-refractivity contribution in [3.63, 3.8) is 0 Å². The molecule has 0 bridgehead atoms. The van der Waals surface area contributed by atoms with Gasteiger partial charge < -0.3 is 29.7 Å². The van der Waals surface area contributed by atoms with E-state index < -0.39 is 94.0 Å². The molecule has 2 aliphatic heterocycles. The topological polar surface area (TPSA) is 182 Å². The highest BCUT2D eigenvalue weighted by molar-refractivity contribution is 7.91. The molecule has 1 saturated heterocycles. The highest BCUT2D eigenvalue weighted by atomic mass is 32.2. The lowest BCUT2D eigenvalue weighted by Gasteiger charge is -2.33. The number of alkyl carbamates (subject to hydrolysis) is 1. The van der Waals surface area contributed by atoms with E-state index >= 15 is 0 Å². The maximum atomic E-state index is 14.9. The Morgan fingerprint density at radius 3 is 2.60 bits per heavy atom. The van der Waals surface area contributed by atoms with Gasteiger partial charge in [0.25, 0.3) is 5.91 Å². The molecule has 4 amide bonds. The number of benzene rings is 1. The summed E-state index contributed by atoms with van der Waals surface area (Å²) in [5.74, 6) is -2.83. The van der Waals surface area contributed by atoms with E-state index in [4.69, 9.17) is 22.4 Å². The van der Waals surface area contributed by atoms with Crippen LogP contribution in [0.25, 0.3) is 10.8 Å². The van der Waals surface area contributed by atoms with Gasteiger partial charge >= 0.3 is 6.09 Å². The van der Waals surface area contributed by atoms with Gasteiger partial charge in [0.1, 0.15) is 35.1 Å². The quantitative estimate of drug-likeness (QED) is 0.316. The number of rotatable bonds is 8. The summed E-state index contributed by atoms with van der Waals surface area (Å²) in [6, 6.07) is 4.38. The van der Waals surface area contributed by atoms with Crippen molar-refractivity contribution in [2.75, 3.05) is 6.54 Å². The molecular weight excluding hydrogens is 727 g/mol. The van der Waals surface area contributed by atoms with Gasteiger partial charge in [0.05, 0.1) is 17.9 Å². The average Bonchev–Trinajstić information content (AvgIpc) is 4.07. The maximum Gasteiger partial charge on any atom is 0.408 e. The first-order valence-electron chi connectivity index (χ1n) is 21.9. The third-order valence-corrected chi connectivity index (χ3v) is 12.4. The Morgan fingerprint density at radius 1 is 1.13 bits per heavy atom. The molecule has 1 aromatic carbocycles. The number of ether oxygens (including phenoxy) is 3. The largest absolute Gasteiger partial charge is 0.491 e. The molecule has 4 aliphatic rings. The summed E-state index contributed by atoms with van der Waals surface area (Å²) in [5.41, 5.74) is -4.58. The number of nitrogens with zero attached hydrogens (tertiary/aromatic N) is 2. The number of carbonyl (C=O) groups is 4. The first-order chi connectivity index (χ1) is 28.3. The van der Waals surface area contributed by atoms with Crippen LogP contribution in [0.5, 0.6) is 11.6 Å². The Balaban J connectivity index is 1.36. The number of nitrogens with one attached hydrogen (secondary N) is 3. The van der Waals surface area contributed by atoms with E-state index in [0.717, 1.165) is 12.3 Å². The molecule has 0 radical (unpaired) electrons. The molecule has 6 rings (SSSR count). The average molecular weight is 788 g/mol. The number of aromatic nitrogens is 1. The van der Waals surface area contributed by atoms with Crippen molar-refractivity contribution in [3.05, 3.63) is 42.6 Å². The third-order valence-electron chi connectivity index (χ3n) is 10.5. The monoisotopic (exact) mass is 787 g/mol. The number of amides is 4. The van der Waals surface area contributed by atoms with Gasteiger partial charge in [-0.25, -0.2) is 18.2 Å². The van der Waals surface area contributed by atoms with E-state index in [1.54, 1.807) is 37.4 Å². The number of pyridine rings is 1. The van der Waals surface area contributed by atoms with Crippen molar-refractivity contribution in [2.24, 2.45) is 17.8 Å². The Bertz CT molecular complexity index is 2150. The van der Waals surface area contributed by atoms with Crippen molar-refractivity contribution >= 4 is 44.6 Å². The van der Waals surface area contributed by atoms with E-state index in [2.05, 4.69) is 20.3 Å². The molecule has 3 heterocycles. The Labute approximate surface area is 332 Å². The summed E-state index contributed by atoms with van der Waals surface area (Å²) < 4.78 is 92.8. The van der Waals surface area contributed by atoms with E-state index in [-0.39, 0.29) is 37.3 Å². The minimum Gasteiger partial charge on any atom is -0.491 e. The number of fused-ring (bicyclic) bond motifs is 3. The number of hydrogen-bond acceptors (Lipinski definition) is 10. The van der Waals surface area contributed by atoms with Gasteiger partial charge in [-0.3, -0.25) is 19.1 Å². The number of carbonyl (C=O) groups excluding carboxylic acids is 4. The predicted octanol–water partition coefficient (Wildman–Crippen LogP) is 4.76. The summed E-state index contributed by atoms with van der Waals surface area (Å²) in [5, 5.41) is 5.93. The molecule has 0 spiro atoms. The number of sulfonamides is 1. The standard InChI is InChI=1S/C40H55N5O9S/c1-23(2)52-28-12-15-31-26(19-28)16-17-41-35(31)53-29-20-32-34(46)43-40(37(48)44-55(50,51)30-13-14-30)21-27(40)11-9-8-10-24(3)18-25(4)33(36(47)45(32)22-29)42-38(49)54-39(5,6)7/h9,11-12,15-17,19,23-25,27,29-30,32-33H,8,10,13-14,18,20-22H2,1-7H3,(H,42,49)(H,43,46)(H,44,48)/b11-9-/t24-,25+,27+,29+,32-,33-,40+/m0/s1/i5D3,6D3. The molecule has 300 valence electrons. The van der Waals surface area contributed by atoms with Crippen molar-refractivity contribution in [3.8, 4) is 11.6 Å². The van der Waals surface area contributed by atoms with Gasteiger partial charge in [-0.15, -0.1) is 0 Å². The molecule has 15 heteroatoms. The van der Waals surface area contributed by atoms with Crippen LogP contribution in [0.15, 0.2) is 42.6 Å². The Kier molecular flexibility index (Phi) is 9.32. The second kappa shape index (κ2) is 15.6. The molecule has 2 aliphatic carbocycles. The fourth-order valence-electron chi connectivity index (χ4n) is 7.57. The van der Waals surface area contributed by atoms with E-state index in [9.17, 15) is 27.6 Å². The van der Waals surface area contributed by atoms with Crippen LogP contribution in [-0.2, 0) is 29.1 Å². The van der Waals surface area contributed by atoms with Crippen LogP contribution >= 0.6 is 0 Å². The normalized spacial score (nSPS) is 31.6. The molecular formula is C40H55N5O9S. The highest BCUT2D eigenvalue weighted by Gasteiger charge is 2.62. The number of hydrogen-bond donors (Lipinski definition) is 3. The minimum atomic E-state index is -3.99. The fourth-order valence-corrected chi connectivity index (χ4v) is 8.93. The first kappa shape index (κ1) is 32.8. The minimum absolute atomic E-state index is 0.0436. The molecule has 14 nitrogen and oxygen atoms in total. The van der Waals surface area contributed by atoms with Crippen molar-refractivity contribution < 1.29 is 50.0 Å². The zero-order chi connectivity index (χ0) is 44.9. The summed E-state index contributed by atoms with van der Waals surface area (Å²) in [7, 11) is -3.99. The Morgan fingerprint density at radius 2 is 1.89 bits per heavy atom. The highest BCUT2D eigenvalue weighted by Crippen LogP contribution is 2.46. The van der Waals surface area contributed by atoms with Gasteiger partial charge in [0, 0.05) is 32.1 Å². The second-order valence-corrected chi connectivity index (χ2v) is 17.9. The van der Waals surface area contributed by atoms with Crippen molar-refractivity contribution in [2.45, 2.75) is 134 Å². The van der Waals surface area contributed by atoms with Gasteiger partial charge in [-0.2, -0.15) is 0 Å². The maximum absolute atomic E-state index is 14.9. The summed E-state index contributed by atoms with van der Waals surface area (Å²) >= 11 is 0. The third kappa shape index (κ3) is 9.53. The first-order valence-corrected chi connectivity index (χ1v) is 20.5. The van der Waals surface area contributed by atoms with Crippen LogP contribution in [0.1, 0.15) is 101 Å². The van der Waals surface area contributed by atoms with Crippen LogP contribution in [-0.4, -0.2) is 89.3 Å². The molecule has 3 fully saturated rings. The lowest BCUT2D eigenvalue weighted by Crippen LogP contribution is -2.59. The zero-order valence-corrected chi connectivity index (χ0v) is 32.6. The summed E-state index contributed by atoms with van der Waals surface area (Å²) in [6.45, 7) is 1.46. The molecule has 1 aromatic heterocycles. The summed E-state index contributed by atoms with van der Waals surface area (Å²) in [4.78, 5) is 62.6. The van der Waals surface area contributed by atoms with Crippen LogP contribution < -0.4 is 24.8 Å². The predicted molar refractivity (Wildman–Crippen MR) is 206 cm³/mol. The van der Waals surface area contributed by atoms with Crippen LogP contribution in [0, 0.1) is 17.8 Å². The van der Waals surface area contributed by atoms with Gasteiger partial charge in [-0.1, -0.05) is 26.0 Å². The van der Waals surface area contributed by atoms with E-state index in [0.29, 0.717) is 43.2 Å². The SMILES string of the molecule is [2H]C([2H])([2H])C(C)(OC(=O)N[C@@H]1C(=O)N2C[C@H](Oc3nccc4cc(OC(C)C)ccc34)C[C@H]2C(=O)N[C@]2(C(=O)NS(=O)(=O)C3CC3)C[C@H]2/C=C\CC[C@H](C)C[C@H]1C)C([2H])([2H])[2H]. The zero-order valence-electron chi connectivity index (χ0n) is 37.8. The molecule has 7 atom stereocenters. The number of allylic oxidation sites excluding steroid dienone is 1. The lowest BCUT2D eigenvalue weighted by atomic mass is 9.88. The smallest absolute Gasteiger partial charge is 0.408 e.